The Balaban J connectivity index is 1.83. The van der Waals surface area contributed by atoms with Crippen molar-refractivity contribution in [2.75, 3.05) is 27.2 Å². The lowest BCUT2D eigenvalue weighted by atomic mass is 9.79. The van der Waals surface area contributed by atoms with Crippen LogP contribution in [0, 0.1) is 0 Å². The molecule has 146 valence electrons. The summed E-state index contributed by atoms with van der Waals surface area (Å²) in [6, 6.07) is 15.0. The molecule has 2 aromatic rings. The summed E-state index contributed by atoms with van der Waals surface area (Å²) < 4.78 is 39.9. The van der Waals surface area contributed by atoms with Gasteiger partial charge in [0.1, 0.15) is 5.60 Å². The van der Waals surface area contributed by atoms with E-state index < -0.39 is 17.3 Å². The number of likely N-dealkylation sites (tertiary alicyclic amines) is 1. The van der Waals surface area contributed by atoms with Crippen LogP contribution in [0.4, 0.5) is 13.2 Å². The smallest absolute Gasteiger partial charge is 0.383 e. The van der Waals surface area contributed by atoms with Crippen LogP contribution in [0.25, 0.3) is 0 Å². The predicted molar refractivity (Wildman–Crippen MR) is 99.2 cm³/mol. The second-order valence-corrected chi connectivity index (χ2v) is 7.41. The average molecular weight is 378 g/mol. The fourth-order valence-electron chi connectivity index (χ4n) is 3.96. The molecule has 1 aliphatic rings. The van der Waals surface area contributed by atoms with Crippen LogP contribution in [0.1, 0.15) is 23.1 Å². The third-order valence-corrected chi connectivity index (χ3v) is 5.41. The lowest BCUT2D eigenvalue weighted by molar-refractivity contribution is -0.138. The molecule has 0 amide bonds. The van der Waals surface area contributed by atoms with Crippen molar-refractivity contribution < 1.29 is 18.3 Å². The Morgan fingerprint density at radius 2 is 1.70 bits per heavy atom. The maximum Gasteiger partial charge on any atom is 0.416 e. The topological polar surface area (TPSA) is 26.7 Å². The van der Waals surface area contributed by atoms with Gasteiger partial charge in [-0.25, -0.2) is 0 Å². The zero-order valence-electron chi connectivity index (χ0n) is 15.6. The van der Waals surface area contributed by atoms with Crippen molar-refractivity contribution in [1.82, 2.24) is 9.80 Å². The molecule has 1 saturated heterocycles. The highest BCUT2D eigenvalue weighted by molar-refractivity contribution is 5.30. The molecule has 1 heterocycles. The third-order valence-electron chi connectivity index (χ3n) is 5.41. The van der Waals surface area contributed by atoms with Crippen LogP contribution >= 0.6 is 0 Å². The van der Waals surface area contributed by atoms with Crippen molar-refractivity contribution >= 4 is 0 Å². The lowest BCUT2D eigenvalue weighted by Gasteiger charge is -2.47. The van der Waals surface area contributed by atoms with Crippen molar-refractivity contribution in [2.24, 2.45) is 0 Å². The number of benzene rings is 2. The molecule has 0 radical (unpaired) electrons. The molecular weight excluding hydrogens is 353 g/mol. The van der Waals surface area contributed by atoms with Crippen LogP contribution in [-0.2, 0) is 18.3 Å². The van der Waals surface area contributed by atoms with E-state index in [0.717, 1.165) is 11.6 Å². The number of alkyl halides is 3. The van der Waals surface area contributed by atoms with E-state index in [-0.39, 0.29) is 18.2 Å². The number of likely N-dealkylation sites (N-methyl/N-ethyl adjacent to an activating group) is 1. The van der Waals surface area contributed by atoms with Crippen molar-refractivity contribution in [3.8, 4) is 0 Å². The maximum absolute atomic E-state index is 13.3. The fourth-order valence-corrected chi connectivity index (χ4v) is 3.96. The highest BCUT2D eigenvalue weighted by Gasteiger charge is 2.44. The summed E-state index contributed by atoms with van der Waals surface area (Å²) >= 11 is 0. The number of aliphatic hydroxyl groups is 1. The van der Waals surface area contributed by atoms with Gasteiger partial charge in [0.2, 0.25) is 0 Å². The Morgan fingerprint density at radius 1 is 1.07 bits per heavy atom. The lowest BCUT2D eigenvalue weighted by Crippen LogP contribution is -2.58. The summed E-state index contributed by atoms with van der Waals surface area (Å²) in [6.45, 7) is 1.23. The first-order chi connectivity index (χ1) is 12.7. The molecule has 0 unspecified atom stereocenters. The molecule has 1 N–H and O–H groups in total. The van der Waals surface area contributed by atoms with E-state index in [1.54, 1.807) is 6.07 Å². The number of hydrogen-bond donors (Lipinski definition) is 1. The van der Waals surface area contributed by atoms with Gasteiger partial charge in [-0.1, -0.05) is 48.5 Å². The Bertz CT molecular complexity index is 764. The first-order valence-corrected chi connectivity index (χ1v) is 9.03. The summed E-state index contributed by atoms with van der Waals surface area (Å²) in [6.07, 6.45) is -3.90. The Labute approximate surface area is 158 Å². The second kappa shape index (κ2) is 7.62. The zero-order valence-corrected chi connectivity index (χ0v) is 15.6. The Kier molecular flexibility index (Phi) is 5.60. The minimum absolute atomic E-state index is 0.213. The SMILES string of the molecule is CN(C)[C@@H]1CN(Cc2ccccc2C(F)(F)F)CC[C@]1(O)c1ccccc1. The van der Waals surface area contributed by atoms with Gasteiger partial charge < -0.3 is 10.0 Å². The molecule has 2 atom stereocenters. The molecule has 3 rings (SSSR count). The molecule has 3 nitrogen and oxygen atoms in total. The van der Waals surface area contributed by atoms with E-state index in [2.05, 4.69) is 0 Å². The highest BCUT2D eigenvalue weighted by atomic mass is 19.4. The van der Waals surface area contributed by atoms with Crippen LogP contribution in [0.3, 0.4) is 0 Å². The van der Waals surface area contributed by atoms with Crippen molar-refractivity contribution in [1.29, 1.82) is 0 Å². The Hall–Kier alpha value is -1.89. The monoisotopic (exact) mass is 378 g/mol. The van der Waals surface area contributed by atoms with E-state index in [9.17, 15) is 18.3 Å². The van der Waals surface area contributed by atoms with Gasteiger partial charge >= 0.3 is 6.18 Å². The van der Waals surface area contributed by atoms with Gasteiger partial charge in [0.05, 0.1) is 11.6 Å². The van der Waals surface area contributed by atoms with E-state index in [1.165, 1.54) is 12.1 Å². The molecule has 6 heteroatoms. The normalized spacial score (nSPS) is 24.3. The van der Waals surface area contributed by atoms with E-state index >= 15 is 0 Å². The predicted octanol–water partition coefficient (Wildman–Crippen LogP) is 3.73. The van der Waals surface area contributed by atoms with Gasteiger partial charge in [-0.2, -0.15) is 13.2 Å². The first kappa shape index (κ1) is 19.9. The van der Waals surface area contributed by atoms with Gasteiger partial charge in [0.15, 0.2) is 0 Å². The van der Waals surface area contributed by atoms with Gasteiger partial charge in [-0.3, -0.25) is 4.90 Å². The summed E-state index contributed by atoms with van der Waals surface area (Å²) in [5, 5.41) is 11.4. The molecule has 0 aromatic heterocycles. The van der Waals surface area contributed by atoms with Crippen LogP contribution in [0.5, 0.6) is 0 Å². The second-order valence-electron chi connectivity index (χ2n) is 7.41. The number of piperidine rings is 1. The van der Waals surface area contributed by atoms with Crippen molar-refractivity contribution in [3.05, 3.63) is 71.3 Å². The van der Waals surface area contributed by atoms with Crippen molar-refractivity contribution in [3.63, 3.8) is 0 Å². The summed E-state index contributed by atoms with van der Waals surface area (Å²) in [5.74, 6) is 0. The molecule has 0 bridgehead atoms. The molecule has 1 aliphatic heterocycles. The standard InChI is InChI=1S/C21H25F3N2O/c1-25(2)19-15-26(13-12-20(19,27)17-9-4-3-5-10-17)14-16-8-6-7-11-18(16)21(22,23)24/h3-11,19,27H,12-15H2,1-2H3/t19-,20+/m1/s1. The number of hydrogen-bond acceptors (Lipinski definition) is 3. The molecular formula is C21H25F3N2O. The van der Waals surface area contributed by atoms with Gasteiger partial charge in [-0.15, -0.1) is 0 Å². The summed E-state index contributed by atoms with van der Waals surface area (Å²) in [4.78, 5) is 3.95. The van der Waals surface area contributed by atoms with E-state index in [1.807, 2.05) is 54.2 Å². The van der Waals surface area contributed by atoms with Crippen LogP contribution < -0.4 is 0 Å². The van der Waals surface area contributed by atoms with E-state index in [4.69, 9.17) is 0 Å². The largest absolute Gasteiger partial charge is 0.416 e. The zero-order chi connectivity index (χ0) is 19.7. The molecule has 0 aliphatic carbocycles. The summed E-state index contributed by atoms with van der Waals surface area (Å²) in [5.41, 5.74) is -0.493. The van der Waals surface area contributed by atoms with Gasteiger partial charge in [-0.05, 0) is 37.7 Å². The molecule has 1 fully saturated rings. The number of halogens is 3. The number of rotatable bonds is 4. The summed E-state index contributed by atoms with van der Waals surface area (Å²) in [7, 11) is 3.79. The number of nitrogens with zero attached hydrogens (tertiary/aromatic N) is 2. The quantitative estimate of drug-likeness (QED) is 0.878. The highest BCUT2D eigenvalue weighted by Crippen LogP contribution is 2.37. The minimum atomic E-state index is -4.36. The third kappa shape index (κ3) is 4.18. The Morgan fingerprint density at radius 3 is 2.33 bits per heavy atom. The molecule has 0 saturated carbocycles. The van der Waals surface area contributed by atoms with Crippen LogP contribution in [0.15, 0.2) is 54.6 Å². The maximum atomic E-state index is 13.3. The van der Waals surface area contributed by atoms with Crippen LogP contribution in [0.2, 0.25) is 0 Å². The fraction of sp³-hybridized carbons (Fsp3) is 0.429. The van der Waals surface area contributed by atoms with Crippen molar-refractivity contribution in [2.45, 2.75) is 30.8 Å². The average Bonchev–Trinajstić information content (AvgIpc) is 2.63. The van der Waals surface area contributed by atoms with Gasteiger partial charge in [0.25, 0.3) is 0 Å². The van der Waals surface area contributed by atoms with Crippen LogP contribution in [-0.4, -0.2) is 48.1 Å². The molecule has 2 aromatic carbocycles. The molecule has 27 heavy (non-hydrogen) atoms. The minimum Gasteiger partial charge on any atom is -0.383 e. The first-order valence-electron chi connectivity index (χ1n) is 9.03. The van der Waals surface area contributed by atoms with Gasteiger partial charge in [0, 0.05) is 19.6 Å². The van der Waals surface area contributed by atoms with E-state index in [0.29, 0.717) is 19.5 Å². The molecule has 0 spiro atoms.